The molecule has 0 heterocycles. The summed E-state index contributed by atoms with van der Waals surface area (Å²) in [7, 11) is 0. The van der Waals surface area contributed by atoms with Crippen molar-refractivity contribution in [3.05, 3.63) is 69.2 Å². The van der Waals surface area contributed by atoms with Crippen molar-refractivity contribution in [2.45, 2.75) is 25.3 Å². The molecular weight excluding hydrogens is 359 g/mol. The predicted octanol–water partition coefficient (Wildman–Crippen LogP) is 4.54. The lowest BCUT2D eigenvalue weighted by atomic mass is 9.88. The normalized spacial score (nSPS) is 16.5. The molecule has 6 heteroatoms. The van der Waals surface area contributed by atoms with Crippen LogP contribution in [0.5, 0.6) is 0 Å². The van der Waals surface area contributed by atoms with Crippen molar-refractivity contribution < 1.29 is 9.63 Å². The van der Waals surface area contributed by atoms with Gasteiger partial charge in [0.15, 0.2) is 6.61 Å². The number of aryl methyl sites for hydroxylation is 1. The minimum atomic E-state index is -0.193. The van der Waals surface area contributed by atoms with Gasteiger partial charge >= 0.3 is 0 Å². The van der Waals surface area contributed by atoms with Gasteiger partial charge in [0, 0.05) is 10.6 Å². The summed E-state index contributed by atoms with van der Waals surface area (Å²) in [5.74, 6) is -0.193. The lowest BCUT2D eigenvalue weighted by Crippen LogP contribution is -2.33. The van der Waals surface area contributed by atoms with Gasteiger partial charge in [-0.2, -0.15) is 0 Å². The fourth-order valence-corrected chi connectivity index (χ4v) is 3.39. The molecule has 1 unspecified atom stereocenters. The van der Waals surface area contributed by atoms with E-state index in [1.54, 1.807) is 18.2 Å². The SMILES string of the molecule is O=C(CON=Cc1ccc(Cl)cc1Cl)NC1CCCc2ccccc21. The minimum Gasteiger partial charge on any atom is -0.386 e. The van der Waals surface area contributed by atoms with Crippen molar-refractivity contribution in [1.29, 1.82) is 0 Å². The molecule has 0 aliphatic heterocycles. The minimum absolute atomic E-state index is 0.0377. The summed E-state index contributed by atoms with van der Waals surface area (Å²) in [6.45, 7) is -0.139. The Morgan fingerprint density at radius 3 is 2.96 bits per heavy atom. The molecule has 1 aliphatic carbocycles. The van der Waals surface area contributed by atoms with E-state index in [0.29, 0.717) is 15.6 Å². The quantitative estimate of drug-likeness (QED) is 0.615. The summed E-state index contributed by atoms with van der Waals surface area (Å²) in [5, 5.41) is 7.83. The number of nitrogens with zero attached hydrogens (tertiary/aromatic N) is 1. The van der Waals surface area contributed by atoms with Crippen LogP contribution in [0.25, 0.3) is 0 Å². The van der Waals surface area contributed by atoms with E-state index >= 15 is 0 Å². The van der Waals surface area contributed by atoms with Gasteiger partial charge in [-0.15, -0.1) is 0 Å². The Hall–Kier alpha value is -2.04. The van der Waals surface area contributed by atoms with E-state index in [2.05, 4.69) is 22.6 Å². The molecule has 0 fully saturated rings. The number of amides is 1. The Morgan fingerprint density at radius 1 is 1.28 bits per heavy atom. The second-order valence-electron chi connectivity index (χ2n) is 5.88. The van der Waals surface area contributed by atoms with Crippen LogP contribution in [0.4, 0.5) is 0 Å². The Labute approximate surface area is 156 Å². The lowest BCUT2D eigenvalue weighted by Gasteiger charge is -2.26. The van der Waals surface area contributed by atoms with Crippen LogP contribution in [0, 0.1) is 0 Å². The molecule has 0 saturated heterocycles. The highest BCUT2D eigenvalue weighted by molar-refractivity contribution is 6.36. The van der Waals surface area contributed by atoms with Gasteiger partial charge in [0.2, 0.25) is 0 Å². The number of benzene rings is 2. The maximum atomic E-state index is 12.1. The third kappa shape index (κ3) is 4.74. The van der Waals surface area contributed by atoms with Gasteiger partial charge < -0.3 is 10.2 Å². The second-order valence-corrected chi connectivity index (χ2v) is 6.73. The Kier molecular flexibility index (Phi) is 5.95. The number of halogens is 2. The number of fused-ring (bicyclic) bond motifs is 1. The standard InChI is InChI=1S/C19H18Cl2N2O2/c20-15-9-8-14(17(21)10-15)11-22-25-12-19(24)23-18-7-3-5-13-4-1-2-6-16(13)18/h1-2,4,6,8-11,18H,3,5,7,12H2,(H,23,24). The number of hydrogen-bond acceptors (Lipinski definition) is 3. The Morgan fingerprint density at radius 2 is 2.12 bits per heavy atom. The van der Waals surface area contributed by atoms with E-state index < -0.39 is 0 Å². The summed E-state index contributed by atoms with van der Waals surface area (Å²) in [5.41, 5.74) is 3.17. The largest absolute Gasteiger partial charge is 0.386 e. The first-order valence-corrected chi connectivity index (χ1v) is 8.86. The Bertz CT molecular complexity index is 793. The van der Waals surface area contributed by atoms with Gasteiger partial charge in [0.1, 0.15) is 0 Å². The van der Waals surface area contributed by atoms with E-state index in [-0.39, 0.29) is 18.6 Å². The number of nitrogens with one attached hydrogen (secondary N) is 1. The summed E-state index contributed by atoms with van der Waals surface area (Å²) in [4.78, 5) is 17.2. The molecule has 1 atom stereocenters. The summed E-state index contributed by atoms with van der Waals surface area (Å²) in [6, 6.07) is 13.3. The van der Waals surface area contributed by atoms with Crippen LogP contribution in [0.1, 0.15) is 35.6 Å². The van der Waals surface area contributed by atoms with Crippen molar-refractivity contribution in [3.63, 3.8) is 0 Å². The van der Waals surface area contributed by atoms with E-state index in [1.165, 1.54) is 17.3 Å². The lowest BCUT2D eigenvalue weighted by molar-refractivity contribution is -0.126. The number of rotatable bonds is 5. The molecule has 0 aromatic heterocycles. The van der Waals surface area contributed by atoms with Crippen LogP contribution in [0.15, 0.2) is 47.6 Å². The fourth-order valence-electron chi connectivity index (χ4n) is 2.94. The van der Waals surface area contributed by atoms with Gasteiger partial charge in [0.25, 0.3) is 5.91 Å². The van der Waals surface area contributed by atoms with E-state index in [1.807, 2.05) is 12.1 Å². The van der Waals surface area contributed by atoms with Crippen LogP contribution in [-0.2, 0) is 16.1 Å². The molecule has 1 N–H and O–H groups in total. The Balaban J connectivity index is 1.51. The molecule has 2 aromatic carbocycles. The molecule has 25 heavy (non-hydrogen) atoms. The van der Waals surface area contributed by atoms with Crippen molar-refractivity contribution in [1.82, 2.24) is 5.32 Å². The van der Waals surface area contributed by atoms with Crippen molar-refractivity contribution in [2.75, 3.05) is 6.61 Å². The average Bonchev–Trinajstić information content (AvgIpc) is 2.60. The zero-order valence-electron chi connectivity index (χ0n) is 13.5. The molecule has 3 rings (SSSR count). The van der Waals surface area contributed by atoms with Crippen molar-refractivity contribution >= 4 is 35.3 Å². The van der Waals surface area contributed by atoms with Crippen LogP contribution in [0.2, 0.25) is 10.0 Å². The topological polar surface area (TPSA) is 50.7 Å². The molecule has 2 aromatic rings. The van der Waals surface area contributed by atoms with E-state index in [0.717, 1.165) is 19.3 Å². The molecule has 0 spiro atoms. The van der Waals surface area contributed by atoms with Gasteiger partial charge in [-0.1, -0.05) is 58.7 Å². The highest BCUT2D eigenvalue weighted by Crippen LogP contribution is 2.29. The summed E-state index contributed by atoms with van der Waals surface area (Å²) >= 11 is 11.9. The first kappa shape index (κ1) is 17.8. The summed E-state index contributed by atoms with van der Waals surface area (Å²) in [6.07, 6.45) is 4.52. The highest BCUT2D eigenvalue weighted by Gasteiger charge is 2.21. The van der Waals surface area contributed by atoms with Gasteiger partial charge in [0.05, 0.1) is 17.3 Å². The highest BCUT2D eigenvalue weighted by atomic mass is 35.5. The zero-order valence-corrected chi connectivity index (χ0v) is 15.1. The monoisotopic (exact) mass is 376 g/mol. The smallest absolute Gasteiger partial charge is 0.261 e. The number of carbonyl (C=O) groups is 1. The van der Waals surface area contributed by atoms with Gasteiger partial charge in [-0.05, 0) is 42.5 Å². The molecule has 4 nitrogen and oxygen atoms in total. The molecule has 0 saturated carbocycles. The van der Waals surface area contributed by atoms with Crippen LogP contribution in [0.3, 0.4) is 0 Å². The first-order chi connectivity index (χ1) is 12.1. The van der Waals surface area contributed by atoms with Crippen LogP contribution >= 0.6 is 23.2 Å². The summed E-state index contributed by atoms with van der Waals surface area (Å²) < 4.78 is 0. The van der Waals surface area contributed by atoms with Crippen molar-refractivity contribution in [3.8, 4) is 0 Å². The van der Waals surface area contributed by atoms with Gasteiger partial charge in [-0.3, -0.25) is 4.79 Å². The third-order valence-corrected chi connectivity index (χ3v) is 4.69. The second kappa shape index (κ2) is 8.37. The van der Waals surface area contributed by atoms with Gasteiger partial charge in [-0.25, -0.2) is 0 Å². The fraction of sp³-hybridized carbons (Fsp3) is 0.263. The molecule has 0 radical (unpaired) electrons. The number of hydrogen-bond donors (Lipinski definition) is 1. The molecule has 1 aliphatic rings. The average molecular weight is 377 g/mol. The zero-order chi connectivity index (χ0) is 17.6. The number of carbonyl (C=O) groups excluding carboxylic acids is 1. The maximum absolute atomic E-state index is 12.1. The first-order valence-electron chi connectivity index (χ1n) is 8.11. The molecule has 0 bridgehead atoms. The van der Waals surface area contributed by atoms with Crippen LogP contribution in [-0.4, -0.2) is 18.7 Å². The predicted molar refractivity (Wildman–Crippen MR) is 100 cm³/mol. The molecule has 1 amide bonds. The van der Waals surface area contributed by atoms with E-state index in [9.17, 15) is 4.79 Å². The van der Waals surface area contributed by atoms with Crippen LogP contribution < -0.4 is 5.32 Å². The van der Waals surface area contributed by atoms with Crippen molar-refractivity contribution in [2.24, 2.45) is 5.16 Å². The molecule has 130 valence electrons. The third-order valence-electron chi connectivity index (χ3n) is 4.13. The van der Waals surface area contributed by atoms with E-state index in [4.69, 9.17) is 28.0 Å². The number of oxime groups is 1. The molecular formula is C19H18Cl2N2O2. The maximum Gasteiger partial charge on any atom is 0.261 e.